The molecule has 4 nitrogen and oxygen atoms in total. The summed E-state index contributed by atoms with van der Waals surface area (Å²) in [6, 6.07) is 1.09. The van der Waals surface area contributed by atoms with Crippen LogP contribution in [0.15, 0.2) is 6.07 Å². The van der Waals surface area contributed by atoms with Gasteiger partial charge in [0.1, 0.15) is 0 Å². The Bertz CT molecular complexity index is 451. The Morgan fingerprint density at radius 1 is 1.71 bits per heavy atom. The van der Waals surface area contributed by atoms with E-state index in [9.17, 15) is 9.18 Å². The average Bonchev–Trinajstić information content (AvgIpc) is 2.25. The van der Waals surface area contributed by atoms with Crippen molar-refractivity contribution in [1.29, 1.82) is 0 Å². The lowest BCUT2D eigenvalue weighted by Crippen LogP contribution is -2.23. The smallest absolute Gasteiger partial charge is 0.312 e. The number of rotatable bonds is 4. The Hall–Kier alpha value is -1.33. The first-order chi connectivity index (χ1) is 7.93. The maximum Gasteiger partial charge on any atom is 0.312 e. The zero-order valence-corrected chi connectivity index (χ0v) is 10.2. The number of nitrogens with two attached hydrogens (primary N) is 1. The standard InChI is InChI=1S/C11H13ClFNO3/c1-5-7(12)3-8(13)10(17-2)9(5)6(4-14)11(15)16/h3,6H,4,14H2,1-2H3,(H,15,16). The van der Waals surface area contributed by atoms with Gasteiger partial charge < -0.3 is 15.6 Å². The predicted molar refractivity (Wildman–Crippen MR) is 62.1 cm³/mol. The molecule has 0 saturated carbocycles. The van der Waals surface area contributed by atoms with Crippen molar-refractivity contribution in [3.8, 4) is 5.75 Å². The zero-order chi connectivity index (χ0) is 13.2. The third-order valence-electron chi connectivity index (χ3n) is 2.56. The highest BCUT2D eigenvalue weighted by Gasteiger charge is 2.27. The van der Waals surface area contributed by atoms with E-state index in [4.69, 9.17) is 27.2 Å². The van der Waals surface area contributed by atoms with E-state index in [1.807, 2.05) is 0 Å². The maximum atomic E-state index is 13.6. The monoisotopic (exact) mass is 261 g/mol. The zero-order valence-electron chi connectivity index (χ0n) is 9.46. The van der Waals surface area contributed by atoms with Gasteiger partial charge in [-0.2, -0.15) is 0 Å². The molecular formula is C11H13ClFNO3. The molecule has 0 aromatic heterocycles. The predicted octanol–water partition coefficient (Wildman–Crippen LogP) is 1.92. The lowest BCUT2D eigenvalue weighted by atomic mass is 9.93. The fourth-order valence-corrected chi connectivity index (χ4v) is 1.88. The molecule has 0 aliphatic heterocycles. The third kappa shape index (κ3) is 2.50. The molecule has 6 heteroatoms. The Balaban J connectivity index is 3.53. The van der Waals surface area contributed by atoms with E-state index in [-0.39, 0.29) is 22.9 Å². The number of carbonyl (C=O) groups is 1. The summed E-state index contributed by atoms with van der Waals surface area (Å²) in [5, 5.41) is 9.20. The van der Waals surface area contributed by atoms with Gasteiger partial charge >= 0.3 is 5.97 Å². The van der Waals surface area contributed by atoms with Crippen molar-refractivity contribution in [3.05, 3.63) is 28.0 Å². The van der Waals surface area contributed by atoms with Crippen LogP contribution in [0.3, 0.4) is 0 Å². The van der Waals surface area contributed by atoms with E-state index in [2.05, 4.69) is 0 Å². The maximum absolute atomic E-state index is 13.6. The van der Waals surface area contributed by atoms with E-state index in [1.165, 1.54) is 7.11 Å². The minimum absolute atomic E-state index is 0.121. The van der Waals surface area contributed by atoms with Gasteiger partial charge in [0.2, 0.25) is 0 Å². The fourth-order valence-electron chi connectivity index (χ4n) is 1.68. The van der Waals surface area contributed by atoms with Crippen molar-refractivity contribution >= 4 is 17.6 Å². The summed E-state index contributed by atoms with van der Waals surface area (Å²) in [7, 11) is 1.27. The number of methoxy groups -OCH3 is 1. The number of aliphatic carboxylic acids is 1. The van der Waals surface area contributed by atoms with E-state index >= 15 is 0 Å². The summed E-state index contributed by atoms with van der Waals surface area (Å²) in [5.74, 6) is -3.00. The van der Waals surface area contributed by atoms with Crippen molar-refractivity contribution in [2.24, 2.45) is 5.73 Å². The van der Waals surface area contributed by atoms with Crippen molar-refractivity contribution in [1.82, 2.24) is 0 Å². The number of hydrogen-bond donors (Lipinski definition) is 2. The normalized spacial score (nSPS) is 12.3. The van der Waals surface area contributed by atoms with Crippen LogP contribution in [0.4, 0.5) is 4.39 Å². The minimum atomic E-state index is -1.14. The molecule has 3 N–H and O–H groups in total. The first-order valence-electron chi connectivity index (χ1n) is 4.89. The fraction of sp³-hybridized carbons (Fsp3) is 0.364. The van der Waals surface area contributed by atoms with Crippen molar-refractivity contribution in [2.75, 3.05) is 13.7 Å². The lowest BCUT2D eigenvalue weighted by Gasteiger charge is -2.18. The van der Waals surface area contributed by atoms with Crippen LogP contribution in [0.2, 0.25) is 5.02 Å². The number of carboxylic acid groups (broad SMARTS) is 1. The largest absolute Gasteiger partial charge is 0.493 e. The second-order valence-electron chi connectivity index (χ2n) is 3.54. The average molecular weight is 262 g/mol. The molecule has 0 radical (unpaired) electrons. The molecule has 94 valence electrons. The Kier molecular flexibility index (Phi) is 4.31. The van der Waals surface area contributed by atoms with Crippen molar-refractivity contribution in [3.63, 3.8) is 0 Å². The van der Waals surface area contributed by atoms with Gasteiger partial charge in [0.25, 0.3) is 0 Å². The van der Waals surface area contributed by atoms with Crippen LogP contribution in [-0.4, -0.2) is 24.7 Å². The molecule has 1 atom stereocenters. The van der Waals surface area contributed by atoms with Crippen LogP contribution in [0.1, 0.15) is 17.0 Å². The van der Waals surface area contributed by atoms with Gasteiger partial charge in [-0.15, -0.1) is 0 Å². The van der Waals surface area contributed by atoms with E-state index < -0.39 is 17.7 Å². The minimum Gasteiger partial charge on any atom is -0.493 e. The Morgan fingerprint density at radius 3 is 2.71 bits per heavy atom. The summed E-state index contributed by atoms with van der Waals surface area (Å²) in [4.78, 5) is 11.1. The molecule has 0 heterocycles. The van der Waals surface area contributed by atoms with Crippen LogP contribution in [0.5, 0.6) is 5.75 Å². The molecule has 1 aromatic rings. The summed E-state index contributed by atoms with van der Waals surface area (Å²) in [6.45, 7) is 1.44. The molecule has 1 unspecified atom stereocenters. The molecule has 0 amide bonds. The molecule has 0 aliphatic carbocycles. The topological polar surface area (TPSA) is 72.5 Å². The summed E-state index contributed by atoms with van der Waals surface area (Å²) >= 11 is 5.82. The van der Waals surface area contributed by atoms with Gasteiger partial charge in [0.15, 0.2) is 11.6 Å². The number of hydrogen-bond acceptors (Lipinski definition) is 3. The molecule has 0 aliphatic rings. The SMILES string of the molecule is COc1c(F)cc(Cl)c(C)c1C(CN)C(=O)O. The number of benzene rings is 1. The van der Waals surface area contributed by atoms with Gasteiger partial charge in [-0.25, -0.2) is 4.39 Å². The van der Waals surface area contributed by atoms with E-state index in [1.54, 1.807) is 6.92 Å². The number of halogens is 2. The van der Waals surface area contributed by atoms with Crippen LogP contribution in [0, 0.1) is 12.7 Å². The molecule has 0 bridgehead atoms. The first-order valence-corrected chi connectivity index (χ1v) is 5.27. The van der Waals surface area contributed by atoms with Gasteiger partial charge in [-0.3, -0.25) is 4.79 Å². The second-order valence-corrected chi connectivity index (χ2v) is 3.95. The third-order valence-corrected chi connectivity index (χ3v) is 2.96. The Labute approximate surface area is 103 Å². The van der Waals surface area contributed by atoms with Gasteiger partial charge in [0, 0.05) is 17.1 Å². The highest BCUT2D eigenvalue weighted by atomic mass is 35.5. The molecule has 1 rings (SSSR count). The second kappa shape index (κ2) is 5.33. The van der Waals surface area contributed by atoms with E-state index in [0.717, 1.165) is 6.07 Å². The van der Waals surface area contributed by atoms with Crippen LogP contribution in [-0.2, 0) is 4.79 Å². The summed E-state index contributed by atoms with van der Waals surface area (Å²) in [5.41, 5.74) is 6.04. The van der Waals surface area contributed by atoms with Crippen LogP contribution >= 0.6 is 11.6 Å². The quantitative estimate of drug-likeness (QED) is 0.869. The lowest BCUT2D eigenvalue weighted by molar-refractivity contribution is -0.138. The molecule has 0 spiro atoms. The van der Waals surface area contributed by atoms with Gasteiger partial charge in [-0.05, 0) is 18.6 Å². The Morgan fingerprint density at radius 2 is 2.29 bits per heavy atom. The number of carboxylic acids is 1. The molecule has 17 heavy (non-hydrogen) atoms. The van der Waals surface area contributed by atoms with Crippen LogP contribution < -0.4 is 10.5 Å². The molecular weight excluding hydrogens is 249 g/mol. The van der Waals surface area contributed by atoms with E-state index in [0.29, 0.717) is 5.56 Å². The van der Waals surface area contributed by atoms with Crippen molar-refractivity contribution in [2.45, 2.75) is 12.8 Å². The molecule has 0 saturated heterocycles. The molecule has 0 fully saturated rings. The highest BCUT2D eigenvalue weighted by molar-refractivity contribution is 6.31. The van der Waals surface area contributed by atoms with Gasteiger partial charge in [-0.1, -0.05) is 11.6 Å². The van der Waals surface area contributed by atoms with Crippen LogP contribution in [0.25, 0.3) is 0 Å². The first kappa shape index (κ1) is 13.7. The molecule has 1 aromatic carbocycles. The summed E-state index contributed by atoms with van der Waals surface area (Å²) in [6.07, 6.45) is 0. The number of ether oxygens (including phenoxy) is 1. The highest BCUT2D eigenvalue weighted by Crippen LogP contribution is 2.36. The van der Waals surface area contributed by atoms with Crippen molar-refractivity contribution < 1.29 is 19.0 Å². The summed E-state index contributed by atoms with van der Waals surface area (Å²) < 4.78 is 18.5. The van der Waals surface area contributed by atoms with Gasteiger partial charge in [0.05, 0.1) is 13.0 Å².